The summed E-state index contributed by atoms with van der Waals surface area (Å²) in [5.74, 6) is 0. The van der Waals surface area contributed by atoms with Crippen LogP contribution in [0.2, 0.25) is 0 Å². The zero-order valence-electron chi connectivity index (χ0n) is 8.03. The van der Waals surface area contributed by atoms with Gasteiger partial charge in [0.25, 0.3) is 0 Å². The summed E-state index contributed by atoms with van der Waals surface area (Å²) in [7, 11) is 0. The van der Waals surface area contributed by atoms with Crippen molar-refractivity contribution in [2.45, 2.75) is 6.92 Å². The van der Waals surface area contributed by atoms with Gasteiger partial charge in [-0.25, -0.2) is 4.79 Å². The van der Waals surface area contributed by atoms with Crippen LogP contribution in [0.15, 0.2) is 0 Å². The van der Waals surface area contributed by atoms with Crippen molar-refractivity contribution in [2.75, 3.05) is 39.5 Å². The number of primary amides is 1. The fourth-order valence-corrected chi connectivity index (χ4v) is 1.31. The number of urea groups is 1. The quantitative estimate of drug-likeness (QED) is 0.658. The molecule has 76 valence electrons. The van der Waals surface area contributed by atoms with E-state index in [1.54, 1.807) is 4.90 Å². The summed E-state index contributed by atoms with van der Waals surface area (Å²) in [5.41, 5.74) is 5.19. The minimum Gasteiger partial charge on any atom is -0.379 e. The number of rotatable bonds is 3. The zero-order valence-corrected chi connectivity index (χ0v) is 8.03. The second kappa shape index (κ2) is 5.04. The third-order valence-electron chi connectivity index (χ3n) is 2.17. The molecule has 1 rings (SSSR count). The largest absolute Gasteiger partial charge is 0.379 e. The summed E-state index contributed by atoms with van der Waals surface area (Å²) < 4.78 is 5.20. The van der Waals surface area contributed by atoms with Crippen LogP contribution in [0.5, 0.6) is 0 Å². The summed E-state index contributed by atoms with van der Waals surface area (Å²) in [6, 6.07) is -0.353. The first-order valence-corrected chi connectivity index (χ1v) is 4.58. The van der Waals surface area contributed by atoms with Crippen molar-refractivity contribution >= 4 is 6.03 Å². The van der Waals surface area contributed by atoms with Crippen molar-refractivity contribution < 1.29 is 9.53 Å². The van der Waals surface area contributed by atoms with Crippen LogP contribution in [-0.2, 0) is 4.74 Å². The first-order valence-electron chi connectivity index (χ1n) is 4.58. The number of ether oxygens (including phenoxy) is 1. The topological polar surface area (TPSA) is 58.8 Å². The smallest absolute Gasteiger partial charge is 0.315 e. The van der Waals surface area contributed by atoms with E-state index in [2.05, 4.69) is 4.90 Å². The highest BCUT2D eigenvalue weighted by Crippen LogP contribution is 1.98. The van der Waals surface area contributed by atoms with E-state index in [1.807, 2.05) is 6.92 Å². The lowest BCUT2D eigenvalue weighted by atomic mass is 10.4. The van der Waals surface area contributed by atoms with Crippen molar-refractivity contribution in [3.8, 4) is 0 Å². The minimum atomic E-state index is -0.353. The van der Waals surface area contributed by atoms with Crippen LogP contribution in [0.3, 0.4) is 0 Å². The summed E-state index contributed by atoms with van der Waals surface area (Å²) >= 11 is 0. The van der Waals surface area contributed by atoms with Gasteiger partial charge in [0.1, 0.15) is 0 Å². The molecule has 13 heavy (non-hydrogen) atoms. The van der Waals surface area contributed by atoms with Crippen LogP contribution in [0, 0.1) is 0 Å². The van der Waals surface area contributed by atoms with Crippen molar-refractivity contribution in [3.63, 3.8) is 0 Å². The fraction of sp³-hybridized carbons (Fsp3) is 0.875. The number of hydrogen-bond donors (Lipinski definition) is 1. The lowest BCUT2D eigenvalue weighted by molar-refractivity contribution is 0.0183. The third kappa shape index (κ3) is 3.20. The van der Waals surface area contributed by atoms with E-state index in [0.29, 0.717) is 13.2 Å². The average Bonchev–Trinajstić information content (AvgIpc) is 2.15. The van der Waals surface area contributed by atoms with Crippen molar-refractivity contribution in [2.24, 2.45) is 5.73 Å². The summed E-state index contributed by atoms with van der Waals surface area (Å²) in [5, 5.41) is 0. The van der Waals surface area contributed by atoms with Gasteiger partial charge in [-0.05, 0) is 6.92 Å². The number of carbonyl (C=O) groups is 1. The predicted octanol–water partition coefficient (Wildman–Crippen LogP) is -0.323. The highest BCUT2D eigenvalue weighted by Gasteiger charge is 2.15. The highest BCUT2D eigenvalue weighted by molar-refractivity contribution is 5.71. The van der Waals surface area contributed by atoms with E-state index in [4.69, 9.17) is 10.5 Å². The second-order valence-corrected chi connectivity index (χ2v) is 3.07. The van der Waals surface area contributed by atoms with Gasteiger partial charge in [0.2, 0.25) is 0 Å². The Kier molecular flexibility index (Phi) is 3.98. The molecule has 0 radical (unpaired) electrons. The molecule has 1 heterocycles. The number of amides is 2. The number of nitrogens with zero attached hydrogens (tertiary/aromatic N) is 2. The predicted molar refractivity (Wildman–Crippen MR) is 49.2 cm³/mol. The molecule has 2 amide bonds. The minimum absolute atomic E-state index is 0.353. The zero-order chi connectivity index (χ0) is 9.68. The number of carbonyl (C=O) groups excluding carboxylic acids is 1. The first kappa shape index (κ1) is 10.3. The molecule has 1 aliphatic rings. The Morgan fingerprint density at radius 2 is 2.15 bits per heavy atom. The van der Waals surface area contributed by atoms with Crippen LogP contribution in [0.1, 0.15) is 6.92 Å². The summed E-state index contributed by atoms with van der Waals surface area (Å²) in [6.45, 7) is 6.45. The molecule has 0 unspecified atom stereocenters. The Morgan fingerprint density at radius 3 is 2.62 bits per heavy atom. The molecule has 5 heteroatoms. The van der Waals surface area contributed by atoms with Crippen LogP contribution in [0.25, 0.3) is 0 Å². The summed E-state index contributed by atoms with van der Waals surface area (Å²) in [4.78, 5) is 14.7. The number of nitrogens with two attached hydrogens (primary N) is 1. The van der Waals surface area contributed by atoms with E-state index in [0.717, 1.165) is 26.3 Å². The van der Waals surface area contributed by atoms with Gasteiger partial charge in [0, 0.05) is 19.6 Å². The van der Waals surface area contributed by atoms with Crippen molar-refractivity contribution in [1.29, 1.82) is 0 Å². The second-order valence-electron chi connectivity index (χ2n) is 3.07. The van der Waals surface area contributed by atoms with Gasteiger partial charge < -0.3 is 15.4 Å². The average molecular weight is 187 g/mol. The van der Waals surface area contributed by atoms with E-state index in [1.165, 1.54) is 0 Å². The molecule has 1 saturated heterocycles. The van der Waals surface area contributed by atoms with Crippen molar-refractivity contribution in [3.05, 3.63) is 0 Å². The molecule has 2 N–H and O–H groups in total. The number of morpholine rings is 1. The van der Waals surface area contributed by atoms with Crippen LogP contribution < -0.4 is 5.73 Å². The molecule has 1 aliphatic heterocycles. The maximum Gasteiger partial charge on any atom is 0.315 e. The van der Waals surface area contributed by atoms with Gasteiger partial charge in [-0.2, -0.15) is 0 Å². The Hall–Kier alpha value is -0.810. The van der Waals surface area contributed by atoms with Gasteiger partial charge in [-0.1, -0.05) is 0 Å². The Balaban J connectivity index is 2.31. The lowest BCUT2D eigenvalue weighted by Gasteiger charge is -2.31. The SMILES string of the molecule is CCN(CN1CCOCC1)C(N)=O. The van der Waals surface area contributed by atoms with Gasteiger partial charge in [-0.3, -0.25) is 4.90 Å². The normalized spacial score (nSPS) is 18.5. The molecule has 5 nitrogen and oxygen atoms in total. The monoisotopic (exact) mass is 187 g/mol. The van der Waals surface area contributed by atoms with Crippen LogP contribution in [-0.4, -0.2) is 55.3 Å². The fourth-order valence-electron chi connectivity index (χ4n) is 1.31. The first-order chi connectivity index (χ1) is 6.24. The van der Waals surface area contributed by atoms with E-state index in [9.17, 15) is 4.79 Å². The molecule has 1 fully saturated rings. The molecule has 0 aromatic carbocycles. The van der Waals surface area contributed by atoms with E-state index >= 15 is 0 Å². The van der Waals surface area contributed by atoms with Gasteiger partial charge in [-0.15, -0.1) is 0 Å². The molecular formula is C8H17N3O2. The lowest BCUT2D eigenvalue weighted by Crippen LogP contribution is -2.47. The standard InChI is InChI=1S/C8H17N3O2/c1-2-11(8(9)12)7-10-3-5-13-6-4-10/h2-7H2,1H3,(H2,9,12). The van der Waals surface area contributed by atoms with E-state index in [-0.39, 0.29) is 6.03 Å². The maximum atomic E-state index is 10.9. The number of hydrogen-bond acceptors (Lipinski definition) is 3. The molecule has 0 aliphatic carbocycles. The Bertz CT molecular complexity index is 169. The van der Waals surface area contributed by atoms with Gasteiger partial charge >= 0.3 is 6.03 Å². The molecule has 0 atom stereocenters. The van der Waals surface area contributed by atoms with E-state index < -0.39 is 0 Å². The van der Waals surface area contributed by atoms with Gasteiger partial charge in [0.15, 0.2) is 0 Å². The molecule has 0 aromatic heterocycles. The molecule has 0 aromatic rings. The molecular weight excluding hydrogens is 170 g/mol. The van der Waals surface area contributed by atoms with Crippen LogP contribution in [0.4, 0.5) is 4.79 Å². The molecule has 0 spiro atoms. The third-order valence-corrected chi connectivity index (χ3v) is 2.17. The molecule has 0 bridgehead atoms. The Morgan fingerprint density at radius 1 is 1.54 bits per heavy atom. The van der Waals surface area contributed by atoms with Gasteiger partial charge in [0.05, 0.1) is 19.9 Å². The molecule has 0 saturated carbocycles. The summed E-state index contributed by atoms with van der Waals surface area (Å²) in [6.07, 6.45) is 0. The highest BCUT2D eigenvalue weighted by atomic mass is 16.5. The van der Waals surface area contributed by atoms with Crippen LogP contribution >= 0.6 is 0 Å². The maximum absolute atomic E-state index is 10.9. The Labute approximate surface area is 78.4 Å². The van der Waals surface area contributed by atoms with Crippen molar-refractivity contribution in [1.82, 2.24) is 9.80 Å².